The Balaban J connectivity index is 1.83. The van der Waals surface area contributed by atoms with Crippen LogP contribution in [0.4, 0.5) is 18.9 Å². The van der Waals surface area contributed by atoms with Crippen molar-refractivity contribution in [1.29, 1.82) is 0 Å². The zero-order chi connectivity index (χ0) is 22.9. The first-order chi connectivity index (χ1) is 14.5. The molecule has 0 aromatic heterocycles. The fourth-order valence-corrected chi connectivity index (χ4v) is 6.07. The number of hydrogen-bond donors (Lipinski definition) is 1. The average molecular weight is 475 g/mol. The van der Waals surface area contributed by atoms with Crippen LogP contribution < -0.4 is 5.32 Å². The summed E-state index contributed by atoms with van der Waals surface area (Å²) in [6.07, 6.45) is 2.42. The molecule has 0 unspecified atom stereocenters. The summed E-state index contributed by atoms with van der Waals surface area (Å²) in [7, 11) is 0.122. The molecule has 0 radical (unpaired) electrons. The van der Waals surface area contributed by atoms with Crippen LogP contribution in [0.3, 0.4) is 0 Å². The molecule has 1 aliphatic carbocycles. The molecule has 0 aliphatic heterocycles. The zero-order valence-corrected chi connectivity index (χ0v) is 18.5. The zero-order valence-electron chi connectivity index (χ0n) is 17.0. The second kappa shape index (κ2) is 9.18. The number of rotatable bonds is 5. The molecule has 1 N–H and O–H groups in total. The van der Waals surface area contributed by atoms with Crippen LogP contribution in [0.15, 0.2) is 35.2 Å². The van der Waals surface area contributed by atoms with Crippen molar-refractivity contribution in [2.75, 3.05) is 19.4 Å². The molecule has 10 heteroatoms. The van der Waals surface area contributed by atoms with Gasteiger partial charge in [-0.15, -0.1) is 0 Å². The van der Waals surface area contributed by atoms with Gasteiger partial charge in [0, 0.05) is 29.4 Å². The van der Waals surface area contributed by atoms with Crippen molar-refractivity contribution in [3.05, 3.63) is 58.4 Å². The first-order valence-corrected chi connectivity index (χ1v) is 11.6. The lowest BCUT2D eigenvalue weighted by Gasteiger charge is -2.32. The van der Waals surface area contributed by atoms with E-state index in [1.807, 2.05) is 14.1 Å². The third-order valence-electron chi connectivity index (χ3n) is 5.55. The molecule has 0 saturated heterocycles. The van der Waals surface area contributed by atoms with Crippen molar-refractivity contribution >= 4 is 33.0 Å². The highest BCUT2D eigenvalue weighted by Gasteiger charge is 2.34. The number of amides is 1. The van der Waals surface area contributed by atoms with Crippen LogP contribution in [0.5, 0.6) is 0 Å². The number of nitrogens with one attached hydrogen (secondary N) is 1. The Kier molecular flexibility index (Phi) is 6.98. The van der Waals surface area contributed by atoms with E-state index in [9.17, 15) is 26.4 Å². The van der Waals surface area contributed by atoms with Crippen molar-refractivity contribution in [1.82, 2.24) is 4.90 Å². The molecule has 1 amide bonds. The minimum atomic E-state index is -3.79. The van der Waals surface area contributed by atoms with Gasteiger partial charge in [0.2, 0.25) is 0 Å². The second-order valence-electron chi connectivity index (χ2n) is 7.79. The summed E-state index contributed by atoms with van der Waals surface area (Å²) >= 11 is 6.14. The summed E-state index contributed by atoms with van der Waals surface area (Å²) < 4.78 is 66.2. The lowest BCUT2D eigenvalue weighted by molar-refractivity contribution is 0.102. The number of carbonyl (C=O) groups is 1. The molecule has 1 saturated carbocycles. The van der Waals surface area contributed by atoms with Crippen LogP contribution in [-0.2, 0) is 9.84 Å². The first kappa shape index (κ1) is 23.6. The molecule has 31 heavy (non-hydrogen) atoms. The Morgan fingerprint density at radius 3 is 2.16 bits per heavy atom. The summed E-state index contributed by atoms with van der Waals surface area (Å²) in [4.78, 5) is 14.4. The Morgan fingerprint density at radius 1 is 1.03 bits per heavy atom. The average Bonchev–Trinajstić information content (AvgIpc) is 2.72. The molecular formula is C21H22ClF3N2O3S. The van der Waals surface area contributed by atoms with Gasteiger partial charge in [-0.2, -0.15) is 0 Å². The molecule has 2 aromatic carbocycles. The van der Waals surface area contributed by atoms with Gasteiger partial charge in [0.1, 0.15) is 0 Å². The van der Waals surface area contributed by atoms with Crippen LogP contribution in [0, 0.1) is 17.5 Å². The minimum absolute atomic E-state index is 0.00912. The minimum Gasteiger partial charge on any atom is -0.322 e. The van der Waals surface area contributed by atoms with Crippen LogP contribution in [0.2, 0.25) is 5.02 Å². The summed E-state index contributed by atoms with van der Waals surface area (Å²) in [6, 6.07) is 5.33. The molecular weight excluding hydrogens is 453 g/mol. The van der Waals surface area contributed by atoms with E-state index in [1.54, 1.807) is 0 Å². The number of halogens is 4. The maximum Gasteiger partial charge on any atom is 0.255 e. The van der Waals surface area contributed by atoms with Gasteiger partial charge in [0.25, 0.3) is 5.91 Å². The Bertz CT molecular complexity index is 1080. The van der Waals surface area contributed by atoms with Gasteiger partial charge in [0.05, 0.1) is 15.2 Å². The third kappa shape index (κ3) is 5.05. The fourth-order valence-electron chi connectivity index (χ4n) is 3.75. The number of hydrogen-bond acceptors (Lipinski definition) is 4. The number of anilines is 1. The van der Waals surface area contributed by atoms with Crippen molar-refractivity contribution < 1.29 is 26.4 Å². The van der Waals surface area contributed by atoms with Crippen LogP contribution in [-0.4, -0.2) is 44.6 Å². The highest BCUT2D eigenvalue weighted by molar-refractivity contribution is 7.92. The van der Waals surface area contributed by atoms with E-state index in [0.717, 1.165) is 18.9 Å². The molecule has 1 fully saturated rings. The molecule has 3 rings (SSSR count). The lowest BCUT2D eigenvalue weighted by Crippen LogP contribution is -2.36. The van der Waals surface area contributed by atoms with Crippen LogP contribution in [0.1, 0.15) is 36.0 Å². The summed E-state index contributed by atoms with van der Waals surface area (Å²) in [5.74, 6) is -5.37. The van der Waals surface area contributed by atoms with Gasteiger partial charge in [-0.05, 0) is 58.0 Å². The second-order valence-corrected chi connectivity index (χ2v) is 10.4. The van der Waals surface area contributed by atoms with Crippen molar-refractivity contribution in [3.8, 4) is 0 Å². The quantitative estimate of drug-likeness (QED) is 0.640. The maximum absolute atomic E-state index is 13.4. The van der Waals surface area contributed by atoms with E-state index in [0.29, 0.717) is 31.0 Å². The Morgan fingerprint density at radius 2 is 1.61 bits per heavy atom. The molecule has 2 aromatic rings. The molecule has 1 aliphatic rings. The molecule has 0 atom stereocenters. The number of sulfone groups is 1. The van der Waals surface area contributed by atoms with Gasteiger partial charge in [-0.25, -0.2) is 21.6 Å². The van der Waals surface area contributed by atoms with Crippen molar-refractivity contribution in [3.63, 3.8) is 0 Å². The molecule has 5 nitrogen and oxygen atoms in total. The summed E-state index contributed by atoms with van der Waals surface area (Å²) in [5, 5.41) is 1.61. The predicted molar refractivity (Wildman–Crippen MR) is 113 cm³/mol. The molecule has 0 spiro atoms. The first-order valence-electron chi connectivity index (χ1n) is 9.66. The maximum atomic E-state index is 13.4. The highest BCUT2D eigenvalue weighted by atomic mass is 35.5. The van der Waals surface area contributed by atoms with Crippen LogP contribution in [0.25, 0.3) is 0 Å². The fraction of sp³-hybridized carbons (Fsp3) is 0.381. The summed E-state index contributed by atoms with van der Waals surface area (Å²) in [6.45, 7) is 0. The van der Waals surface area contributed by atoms with E-state index >= 15 is 0 Å². The van der Waals surface area contributed by atoms with Gasteiger partial charge in [-0.3, -0.25) is 4.79 Å². The number of carbonyl (C=O) groups excluding carboxylic acids is 1. The highest BCUT2D eigenvalue weighted by Crippen LogP contribution is 2.34. The van der Waals surface area contributed by atoms with E-state index in [2.05, 4.69) is 10.2 Å². The van der Waals surface area contributed by atoms with E-state index in [1.165, 1.54) is 12.1 Å². The molecule has 0 heterocycles. The van der Waals surface area contributed by atoms with Crippen molar-refractivity contribution in [2.45, 2.75) is 41.9 Å². The van der Waals surface area contributed by atoms with E-state index in [4.69, 9.17) is 11.6 Å². The topological polar surface area (TPSA) is 66.5 Å². The van der Waals surface area contributed by atoms with Gasteiger partial charge in [-0.1, -0.05) is 11.6 Å². The van der Waals surface area contributed by atoms with Crippen LogP contribution >= 0.6 is 11.6 Å². The number of benzene rings is 2. The third-order valence-corrected chi connectivity index (χ3v) is 8.30. The van der Waals surface area contributed by atoms with Crippen molar-refractivity contribution in [2.24, 2.45) is 0 Å². The normalized spacial score (nSPS) is 19.5. The Hall–Kier alpha value is -2.10. The SMILES string of the molecule is CN(C)C1CCC(S(=O)(=O)c2cc(C(=O)Nc3cc(F)c(F)c(F)c3)ccc2Cl)CC1. The monoisotopic (exact) mass is 474 g/mol. The van der Waals surface area contributed by atoms with Gasteiger partial charge >= 0.3 is 0 Å². The smallest absolute Gasteiger partial charge is 0.255 e. The standard InChI is InChI=1S/C21H22ClF3N2O3S/c1-27(2)14-4-6-15(7-5-14)31(29,30)19-9-12(3-8-16(19)22)21(28)26-13-10-17(23)20(25)18(24)11-13/h3,8-11,14-15H,4-7H2,1-2H3,(H,26,28). The van der Waals surface area contributed by atoms with Gasteiger partial charge in [0.15, 0.2) is 27.3 Å². The predicted octanol–water partition coefficient (Wildman–Crippen LogP) is 4.66. The lowest BCUT2D eigenvalue weighted by atomic mass is 9.94. The van der Waals surface area contributed by atoms with E-state index in [-0.39, 0.29) is 21.2 Å². The van der Waals surface area contributed by atoms with E-state index < -0.39 is 38.4 Å². The molecule has 0 bridgehead atoms. The number of nitrogens with zero attached hydrogens (tertiary/aromatic N) is 1. The Labute approximate surface area is 184 Å². The molecule has 168 valence electrons. The summed E-state index contributed by atoms with van der Waals surface area (Å²) in [5.41, 5.74) is -0.363. The van der Waals surface area contributed by atoms with Gasteiger partial charge < -0.3 is 10.2 Å². The largest absolute Gasteiger partial charge is 0.322 e.